The third-order valence-corrected chi connectivity index (χ3v) is 4.55. The van der Waals surface area contributed by atoms with Crippen molar-refractivity contribution in [2.75, 3.05) is 5.32 Å². The van der Waals surface area contributed by atoms with E-state index in [9.17, 15) is 9.59 Å². The van der Waals surface area contributed by atoms with Gasteiger partial charge in [-0.3, -0.25) is 13.9 Å². The smallest absolute Gasteiger partial charge is 0.324 e. The van der Waals surface area contributed by atoms with Crippen molar-refractivity contribution in [1.82, 2.24) is 9.13 Å². The fourth-order valence-electron chi connectivity index (χ4n) is 3.26. The van der Waals surface area contributed by atoms with Crippen molar-refractivity contribution in [3.63, 3.8) is 0 Å². The lowest BCUT2D eigenvalue weighted by Gasteiger charge is -2.13. The van der Waals surface area contributed by atoms with Crippen LogP contribution in [0.3, 0.4) is 0 Å². The molecule has 0 atom stereocenters. The molecule has 0 saturated carbocycles. The highest BCUT2D eigenvalue weighted by atomic mass is 16.2. The van der Waals surface area contributed by atoms with E-state index in [0.717, 1.165) is 34.3 Å². The zero-order valence-corrected chi connectivity index (χ0v) is 14.9. The number of aryl methyl sites for hydroxylation is 3. The number of hydrogen-bond donors (Lipinski definition) is 1. The first-order valence-electron chi connectivity index (χ1n) is 8.63. The van der Waals surface area contributed by atoms with Crippen molar-refractivity contribution in [1.29, 1.82) is 0 Å². The van der Waals surface area contributed by atoms with Gasteiger partial charge in [-0.25, -0.2) is 4.79 Å². The number of nitrogens with zero attached hydrogens (tertiary/aromatic N) is 2. The van der Waals surface area contributed by atoms with E-state index in [0.29, 0.717) is 6.54 Å². The van der Waals surface area contributed by atoms with Crippen molar-refractivity contribution >= 4 is 22.6 Å². The molecule has 1 heterocycles. The second kappa shape index (κ2) is 6.97. The van der Waals surface area contributed by atoms with Gasteiger partial charge >= 0.3 is 5.69 Å². The molecule has 25 heavy (non-hydrogen) atoms. The lowest BCUT2D eigenvalue weighted by atomic mass is 10.1. The van der Waals surface area contributed by atoms with Gasteiger partial charge in [0.25, 0.3) is 0 Å². The van der Waals surface area contributed by atoms with Crippen LogP contribution in [0.15, 0.2) is 47.3 Å². The molecule has 5 nitrogen and oxygen atoms in total. The molecular formula is C20H23N3O2. The second-order valence-electron chi connectivity index (χ2n) is 6.11. The Morgan fingerprint density at radius 3 is 2.32 bits per heavy atom. The number of hydrogen-bond acceptors (Lipinski definition) is 2. The number of carbonyl (C=O) groups excluding carboxylic acids is 1. The van der Waals surface area contributed by atoms with Crippen LogP contribution in [0, 0.1) is 6.92 Å². The fraction of sp³-hybridized carbons (Fsp3) is 0.300. The molecule has 1 amide bonds. The van der Waals surface area contributed by atoms with Gasteiger partial charge in [-0.2, -0.15) is 0 Å². The molecule has 1 N–H and O–H groups in total. The molecule has 2 aromatic carbocycles. The summed E-state index contributed by atoms with van der Waals surface area (Å²) >= 11 is 0. The molecule has 0 unspecified atom stereocenters. The van der Waals surface area contributed by atoms with Crippen LogP contribution >= 0.6 is 0 Å². The number of nitrogens with one attached hydrogen (secondary N) is 1. The third kappa shape index (κ3) is 3.09. The number of rotatable bonds is 5. The molecule has 1 aromatic heterocycles. The van der Waals surface area contributed by atoms with E-state index < -0.39 is 0 Å². The Balaban J connectivity index is 1.94. The molecule has 0 radical (unpaired) electrons. The van der Waals surface area contributed by atoms with Gasteiger partial charge in [0.1, 0.15) is 6.54 Å². The van der Waals surface area contributed by atoms with Crippen LogP contribution in [0.5, 0.6) is 0 Å². The predicted molar refractivity (Wildman–Crippen MR) is 101 cm³/mol. The van der Waals surface area contributed by atoms with E-state index in [-0.39, 0.29) is 18.1 Å². The number of carbonyl (C=O) groups is 1. The van der Waals surface area contributed by atoms with Crippen LogP contribution in [0.2, 0.25) is 0 Å². The monoisotopic (exact) mass is 337 g/mol. The quantitative estimate of drug-likeness (QED) is 0.776. The fourth-order valence-corrected chi connectivity index (χ4v) is 3.26. The zero-order chi connectivity index (χ0) is 18.0. The summed E-state index contributed by atoms with van der Waals surface area (Å²) in [6.07, 6.45) is 0.840. The van der Waals surface area contributed by atoms with Crippen LogP contribution < -0.4 is 11.0 Å². The van der Waals surface area contributed by atoms with Gasteiger partial charge < -0.3 is 5.32 Å². The number of anilines is 1. The van der Waals surface area contributed by atoms with Gasteiger partial charge in [0.05, 0.1) is 11.0 Å². The highest BCUT2D eigenvalue weighted by molar-refractivity contribution is 5.93. The highest BCUT2D eigenvalue weighted by Crippen LogP contribution is 2.21. The topological polar surface area (TPSA) is 56.0 Å². The van der Waals surface area contributed by atoms with Gasteiger partial charge in [0.15, 0.2) is 0 Å². The summed E-state index contributed by atoms with van der Waals surface area (Å²) in [5.41, 5.74) is 4.45. The summed E-state index contributed by atoms with van der Waals surface area (Å²) in [4.78, 5) is 25.3. The van der Waals surface area contributed by atoms with Crippen LogP contribution in [0.4, 0.5) is 5.69 Å². The number of imidazole rings is 1. The minimum absolute atomic E-state index is 0.00380. The van der Waals surface area contributed by atoms with E-state index in [1.54, 1.807) is 4.57 Å². The van der Waals surface area contributed by atoms with Gasteiger partial charge in [-0.1, -0.05) is 37.3 Å². The lowest BCUT2D eigenvalue weighted by Crippen LogP contribution is -2.29. The van der Waals surface area contributed by atoms with Gasteiger partial charge in [0.2, 0.25) is 5.91 Å². The molecule has 5 heteroatoms. The van der Waals surface area contributed by atoms with Gasteiger partial charge in [-0.15, -0.1) is 0 Å². The Hall–Kier alpha value is -2.82. The maximum Gasteiger partial charge on any atom is 0.329 e. The number of aromatic nitrogens is 2. The summed E-state index contributed by atoms with van der Waals surface area (Å²) in [5, 5.41) is 2.99. The van der Waals surface area contributed by atoms with E-state index in [1.807, 2.05) is 56.3 Å². The number of para-hydroxylation sites is 3. The zero-order valence-electron chi connectivity index (χ0n) is 14.9. The average Bonchev–Trinajstić information content (AvgIpc) is 2.88. The Bertz CT molecular complexity index is 982. The van der Waals surface area contributed by atoms with Crippen molar-refractivity contribution in [3.05, 3.63) is 64.1 Å². The van der Waals surface area contributed by atoms with E-state index >= 15 is 0 Å². The summed E-state index contributed by atoms with van der Waals surface area (Å²) in [6.45, 7) is 6.54. The standard InChI is InChI=1S/C20H23N3O2/c1-4-15-10-8-9-14(3)19(15)21-18(24)13-23-17-12-7-6-11-16(17)22(5-2)20(23)25/h6-12H,4-5,13H2,1-3H3,(H,21,24). The van der Waals surface area contributed by atoms with E-state index in [2.05, 4.69) is 12.2 Å². The van der Waals surface area contributed by atoms with E-state index in [4.69, 9.17) is 0 Å². The van der Waals surface area contributed by atoms with Crippen molar-refractivity contribution in [2.45, 2.75) is 40.3 Å². The van der Waals surface area contributed by atoms with Crippen LogP contribution in [0.25, 0.3) is 11.0 Å². The van der Waals surface area contributed by atoms with Crippen LogP contribution in [0.1, 0.15) is 25.0 Å². The highest BCUT2D eigenvalue weighted by Gasteiger charge is 2.15. The second-order valence-corrected chi connectivity index (χ2v) is 6.11. The predicted octanol–water partition coefficient (Wildman–Crippen LogP) is 3.33. The van der Waals surface area contributed by atoms with Crippen molar-refractivity contribution < 1.29 is 4.79 Å². The van der Waals surface area contributed by atoms with Crippen molar-refractivity contribution in [2.24, 2.45) is 0 Å². The molecule has 0 fully saturated rings. The number of fused-ring (bicyclic) bond motifs is 1. The number of benzene rings is 2. The summed E-state index contributed by atoms with van der Waals surface area (Å²) in [6, 6.07) is 13.5. The van der Waals surface area contributed by atoms with Crippen molar-refractivity contribution in [3.8, 4) is 0 Å². The third-order valence-electron chi connectivity index (χ3n) is 4.55. The van der Waals surface area contributed by atoms with E-state index in [1.165, 1.54) is 4.57 Å². The molecule has 3 aromatic rings. The SMILES string of the molecule is CCc1cccc(C)c1NC(=O)Cn1c(=O)n(CC)c2ccccc21. The normalized spacial score (nSPS) is 11.0. The minimum atomic E-state index is -0.190. The Morgan fingerprint density at radius 2 is 1.68 bits per heavy atom. The minimum Gasteiger partial charge on any atom is -0.324 e. The first-order chi connectivity index (χ1) is 12.1. The molecule has 0 aliphatic carbocycles. The molecule has 130 valence electrons. The summed E-state index contributed by atoms with van der Waals surface area (Å²) in [7, 11) is 0. The first kappa shape index (κ1) is 17.0. The molecule has 0 saturated heterocycles. The summed E-state index contributed by atoms with van der Waals surface area (Å²) in [5.74, 6) is -0.190. The summed E-state index contributed by atoms with van der Waals surface area (Å²) < 4.78 is 3.23. The Kier molecular flexibility index (Phi) is 4.74. The van der Waals surface area contributed by atoms with Crippen LogP contribution in [-0.4, -0.2) is 15.0 Å². The molecule has 3 rings (SSSR count). The largest absolute Gasteiger partial charge is 0.329 e. The van der Waals surface area contributed by atoms with Gasteiger partial charge in [-0.05, 0) is 43.5 Å². The Morgan fingerprint density at radius 1 is 1.00 bits per heavy atom. The van der Waals surface area contributed by atoms with Gasteiger partial charge in [0, 0.05) is 12.2 Å². The van der Waals surface area contributed by atoms with Crippen LogP contribution in [-0.2, 0) is 24.3 Å². The number of amides is 1. The average molecular weight is 337 g/mol. The molecule has 0 aliphatic heterocycles. The molecule has 0 aliphatic rings. The first-order valence-corrected chi connectivity index (χ1v) is 8.63. The molecule has 0 spiro atoms. The maximum atomic E-state index is 12.6. The Labute approximate surface area is 146 Å². The lowest BCUT2D eigenvalue weighted by molar-refractivity contribution is -0.116. The molecule has 0 bridgehead atoms. The maximum absolute atomic E-state index is 12.6. The molecular weight excluding hydrogens is 314 g/mol.